The van der Waals surface area contributed by atoms with Crippen molar-refractivity contribution >= 4 is 11.9 Å². The summed E-state index contributed by atoms with van der Waals surface area (Å²) in [5, 5.41) is 8.68. The third-order valence-corrected chi connectivity index (χ3v) is 3.11. The number of nitrogens with two attached hydrogens (primary N) is 1. The van der Waals surface area contributed by atoms with Gasteiger partial charge in [-0.05, 0) is 19.3 Å². The number of carbonyl (C=O) groups excluding carboxylic acids is 1. The van der Waals surface area contributed by atoms with Crippen LogP contribution in [0.15, 0.2) is 0 Å². The fourth-order valence-corrected chi connectivity index (χ4v) is 2.00. The van der Waals surface area contributed by atoms with Gasteiger partial charge in [0.05, 0.1) is 12.3 Å². The minimum Gasteiger partial charge on any atom is -0.481 e. The molecular weight excluding hydrogens is 220 g/mol. The maximum Gasteiger partial charge on any atom is 0.305 e. The van der Waals surface area contributed by atoms with Crippen LogP contribution in [-0.4, -0.2) is 41.0 Å². The van der Waals surface area contributed by atoms with Crippen LogP contribution >= 0.6 is 0 Å². The summed E-state index contributed by atoms with van der Waals surface area (Å²) < 4.78 is 0. The maximum absolute atomic E-state index is 12.2. The number of carboxylic acids is 1. The summed E-state index contributed by atoms with van der Waals surface area (Å²) in [6, 6.07) is 0.257. The first-order valence-corrected chi connectivity index (χ1v) is 6.32. The first kappa shape index (κ1) is 14.0. The number of carboxylic acid groups (broad SMARTS) is 1. The van der Waals surface area contributed by atoms with Crippen molar-refractivity contribution in [2.75, 3.05) is 13.1 Å². The lowest BCUT2D eigenvalue weighted by Gasteiger charge is -2.26. The van der Waals surface area contributed by atoms with E-state index in [-0.39, 0.29) is 24.3 Å². The maximum atomic E-state index is 12.2. The van der Waals surface area contributed by atoms with Gasteiger partial charge in [0, 0.05) is 19.1 Å². The summed E-state index contributed by atoms with van der Waals surface area (Å²) in [6.07, 6.45) is 3.71. The third kappa shape index (κ3) is 4.34. The van der Waals surface area contributed by atoms with Crippen molar-refractivity contribution < 1.29 is 14.7 Å². The van der Waals surface area contributed by atoms with E-state index in [2.05, 4.69) is 0 Å². The molecule has 1 aliphatic rings. The van der Waals surface area contributed by atoms with Crippen LogP contribution < -0.4 is 5.73 Å². The van der Waals surface area contributed by atoms with Crippen LogP contribution in [0.4, 0.5) is 0 Å². The number of hydrogen-bond acceptors (Lipinski definition) is 3. The van der Waals surface area contributed by atoms with Gasteiger partial charge in [-0.25, -0.2) is 0 Å². The quantitative estimate of drug-likeness (QED) is 0.660. The predicted octanol–water partition coefficient (Wildman–Crippen LogP) is 0.827. The molecule has 17 heavy (non-hydrogen) atoms. The molecule has 0 bridgehead atoms. The molecular formula is C12H22N2O3. The second-order valence-electron chi connectivity index (χ2n) is 4.63. The number of hydrogen-bond donors (Lipinski definition) is 2. The first-order chi connectivity index (χ1) is 8.10. The van der Waals surface area contributed by atoms with E-state index in [1.807, 2.05) is 6.92 Å². The number of amides is 1. The van der Waals surface area contributed by atoms with E-state index in [4.69, 9.17) is 10.8 Å². The largest absolute Gasteiger partial charge is 0.481 e. The molecule has 1 amide bonds. The lowest BCUT2D eigenvalue weighted by atomic mass is 10.0. The van der Waals surface area contributed by atoms with E-state index in [1.54, 1.807) is 4.90 Å². The summed E-state index contributed by atoms with van der Waals surface area (Å²) in [5.41, 5.74) is 5.61. The normalized spacial score (nSPS) is 16.6. The molecule has 0 aliphatic heterocycles. The Morgan fingerprint density at radius 1 is 1.47 bits per heavy atom. The standard InChI is InChI=1S/C12H22N2O3/c1-2-3-9(8-13)12(17)14(10-4-5-10)7-6-11(15)16/h9-10H,2-8,13H2,1H3,(H,15,16). The Morgan fingerprint density at radius 3 is 2.53 bits per heavy atom. The van der Waals surface area contributed by atoms with E-state index in [1.165, 1.54) is 0 Å². The van der Waals surface area contributed by atoms with Gasteiger partial charge in [-0.15, -0.1) is 0 Å². The second kappa shape index (κ2) is 6.59. The van der Waals surface area contributed by atoms with Crippen molar-refractivity contribution in [1.29, 1.82) is 0 Å². The number of rotatable bonds is 8. The summed E-state index contributed by atoms with van der Waals surface area (Å²) in [4.78, 5) is 24.5. The summed E-state index contributed by atoms with van der Waals surface area (Å²) in [6.45, 7) is 2.69. The van der Waals surface area contributed by atoms with Crippen LogP contribution in [0, 0.1) is 5.92 Å². The smallest absolute Gasteiger partial charge is 0.305 e. The zero-order chi connectivity index (χ0) is 12.8. The lowest BCUT2D eigenvalue weighted by molar-refractivity contribution is -0.140. The topological polar surface area (TPSA) is 83.6 Å². The number of nitrogens with zero attached hydrogens (tertiary/aromatic N) is 1. The van der Waals surface area contributed by atoms with Crippen molar-refractivity contribution in [1.82, 2.24) is 4.90 Å². The molecule has 0 heterocycles. The van der Waals surface area contributed by atoms with Crippen molar-refractivity contribution in [3.05, 3.63) is 0 Å². The minimum atomic E-state index is -0.858. The third-order valence-electron chi connectivity index (χ3n) is 3.11. The van der Waals surface area contributed by atoms with Crippen LogP contribution in [0.3, 0.4) is 0 Å². The Morgan fingerprint density at radius 2 is 2.12 bits per heavy atom. The van der Waals surface area contributed by atoms with Gasteiger partial charge < -0.3 is 15.7 Å². The van der Waals surface area contributed by atoms with Gasteiger partial charge >= 0.3 is 5.97 Å². The van der Waals surface area contributed by atoms with Gasteiger partial charge in [0.25, 0.3) is 0 Å². The van der Waals surface area contributed by atoms with E-state index in [0.717, 1.165) is 25.7 Å². The average Bonchev–Trinajstić information content (AvgIpc) is 3.09. The molecule has 1 saturated carbocycles. The van der Waals surface area contributed by atoms with Crippen molar-refractivity contribution in [2.24, 2.45) is 11.7 Å². The molecule has 5 nitrogen and oxygen atoms in total. The van der Waals surface area contributed by atoms with Gasteiger partial charge in [-0.1, -0.05) is 13.3 Å². The fraction of sp³-hybridized carbons (Fsp3) is 0.833. The molecule has 0 aromatic rings. The highest BCUT2D eigenvalue weighted by Gasteiger charge is 2.35. The highest BCUT2D eigenvalue weighted by molar-refractivity contribution is 5.80. The molecule has 1 fully saturated rings. The highest BCUT2D eigenvalue weighted by atomic mass is 16.4. The molecule has 0 saturated heterocycles. The second-order valence-corrected chi connectivity index (χ2v) is 4.63. The van der Waals surface area contributed by atoms with Crippen molar-refractivity contribution in [3.8, 4) is 0 Å². The minimum absolute atomic E-state index is 0.0195. The molecule has 0 radical (unpaired) electrons. The first-order valence-electron chi connectivity index (χ1n) is 6.32. The molecule has 0 aromatic heterocycles. The van der Waals surface area contributed by atoms with Gasteiger partial charge in [-0.2, -0.15) is 0 Å². The molecule has 1 unspecified atom stereocenters. The van der Waals surface area contributed by atoms with E-state index < -0.39 is 5.97 Å². The Balaban J connectivity index is 2.55. The van der Waals surface area contributed by atoms with Crippen LogP contribution in [0.1, 0.15) is 39.0 Å². The Bertz CT molecular complexity index is 277. The molecule has 5 heteroatoms. The predicted molar refractivity (Wildman–Crippen MR) is 64.4 cm³/mol. The molecule has 3 N–H and O–H groups in total. The Labute approximate surface area is 102 Å². The summed E-state index contributed by atoms with van der Waals surface area (Å²) in [7, 11) is 0. The van der Waals surface area contributed by atoms with Crippen LogP contribution in [0.2, 0.25) is 0 Å². The van der Waals surface area contributed by atoms with Crippen molar-refractivity contribution in [2.45, 2.75) is 45.1 Å². The monoisotopic (exact) mass is 242 g/mol. The van der Waals surface area contributed by atoms with E-state index in [0.29, 0.717) is 13.1 Å². The molecule has 1 atom stereocenters. The van der Waals surface area contributed by atoms with Crippen LogP contribution in [0.25, 0.3) is 0 Å². The molecule has 98 valence electrons. The van der Waals surface area contributed by atoms with Gasteiger partial charge in [0.2, 0.25) is 5.91 Å². The van der Waals surface area contributed by atoms with E-state index in [9.17, 15) is 9.59 Å². The van der Waals surface area contributed by atoms with Gasteiger partial charge in [-0.3, -0.25) is 9.59 Å². The molecule has 1 aliphatic carbocycles. The number of carbonyl (C=O) groups is 2. The lowest BCUT2D eigenvalue weighted by Crippen LogP contribution is -2.41. The Hall–Kier alpha value is -1.10. The SMILES string of the molecule is CCCC(CN)C(=O)N(CCC(=O)O)C1CC1. The van der Waals surface area contributed by atoms with Crippen LogP contribution in [-0.2, 0) is 9.59 Å². The molecule has 0 aromatic carbocycles. The number of aliphatic carboxylic acids is 1. The zero-order valence-electron chi connectivity index (χ0n) is 10.4. The van der Waals surface area contributed by atoms with Crippen LogP contribution in [0.5, 0.6) is 0 Å². The summed E-state index contributed by atoms with van der Waals surface area (Å²) >= 11 is 0. The average molecular weight is 242 g/mol. The van der Waals surface area contributed by atoms with Crippen molar-refractivity contribution in [3.63, 3.8) is 0 Å². The van der Waals surface area contributed by atoms with E-state index >= 15 is 0 Å². The Kier molecular flexibility index (Phi) is 5.41. The highest BCUT2D eigenvalue weighted by Crippen LogP contribution is 2.28. The molecule has 1 rings (SSSR count). The fourth-order valence-electron chi connectivity index (χ4n) is 2.00. The summed E-state index contributed by atoms with van der Waals surface area (Å²) in [5.74, 6) is -0.962. The molecule has 0 spiro atoms. The van der Waals surface area contributed by atoms with Gasteiger partial charge in [0.1, 0.15) is 0 Å². The van der Waals surface area contributed by atoms with Gasteiger partial charge in [0.15, 0.2) is 0 Å². The zero-order valence-corrected chi connectivity index (χ0v) is 10.4.